The fourth-order valence-corrected chi connectivity index (χ4v) is 21.2. The van der Waals surface area contributed by atoms with E-state index in [1.165, 1.54) is 68.3 Å². The summed E-state index contributed by atoms with van der Waals surface area (Å²) in [6, 6.07) is 7.97. The third-order valence-corrected chi connectivity index (χ3v) is 23.4. The molecule has 38 heavy (non-hydrogen) atoms. The molecule has 0 N–H and O–H groups in total. The molecule has 0 bridgehead atoms. The Labute approximate surface area is 232 Å². The van der Waals surface area contributed by atoms with Crippen molar-refractivity contribution in [2.75, 3.05) is 0 Å². The van der Waals surface area contributed by atoms with Crippen molar-refractivity contribution in [3.8, 4) is 0 Å². The molecular weight excluding hydrogens is 585 g/mol. The van der Waals surface area contributed by atoms with Crippen LogP contribution in [0.15, 0.2) is 43.0 Å². The second kappa shape index (κ2) is 15.4. The Kier molecular flexibility index (Phi) is 12.3. The predicted octanol–water partition coefficient (Wildman–Crippen LogP) is 5.53. The first kappa shape index (κ1) is 30.4. The molecule has 1 aliphatic heterocycles. The molecule has 2 amide bonds. The SMILES string of the molecule is CCC[CH2][Sn]([CH2]CCC)([CH2]CCCCC[n+]1ccn(CC)c1)[c]1cccc(C(=O)ON2C(=O)CCC2=O)c1. The summed E-state index contributed by atoms with van der Waals surface area (Å²) in [5, 5.41) is 0.648. The summed E-state index contributed by atoms with van der Waals surface area (Å²) >= 11 is -2.80. The average molecular weight is 631 g/mol. The van der Waals surface area contributed by atoms with Crippen molar-refractivity contribution in [2.45, 2.75) is 111 Å². The van der Waals surface area contributed by atoms with Gasteiger partial charge in [-0.05, 0) is 0 Å². The Hall–Kier alpha value is -2.16. The van der Waals surface area contributed by atoms with Gasteiger partial charge in [-0.1, -0.05) is 0 Å². The van der Waals surface area contributed by atoms with Crippen LogP contribution < -0.4 is 8.15 Å². The van der Waals surface area contributed by atoms with Crippen LogP contribution in [-0.2, 0) is 27.5 Å². The number of unbranched alkanes of at least 4 members (excludes halogenated alkanes) is 5. The van der Waals surface area contributed by atoms with Crippen molar-refractivity contribution in [2.24, 2.45) is 0 Å². The normalized spacial score (nSPS) is 13.9. The van der Waals surface area contributed by atoms with Crippen LogP contribution in [0.1, 0.15) is 95.3 Å². The summed E-state index contributed by atoms with van der Waals surface area (Å²) in [6.07, 6.45) is 16.4. The Bertz CT molecular complexity index is 1040. The molecule has 1 fully saturated rings. The molecule has 8 heteroatoms. The Morgan fingerprint density at radius 1 is 0.921 bits per heavy atom. The molecule has 0 spiro atoms. The van der Waals surface area contributed by atoms with Crippen molar-refractivity contribution >= 4 is 39.7 Å². The molecule has 0 radical (unpaired) electrons. The number of carbonyl (C=O) groups is 3. The van der Waals surface area contributed by atoms with E-state index in [-0.39, 0.29) is 12.8 Å². The standard InChI is InChI=1S/C11H20N2.C11H8NO4.2C4H9.Sn/c1-3-5-6-7-8-13-10-9-12(4-2)11-13;13-9-6-7-10(14)12(9)16-11(15)8-4-2-1-3-5-8;2*1-3-4-2;/h9-11H,1,3-8H2,2H3;1-2,4-5H,6-7H2;2*1,3-4H2,2H3;/q+1;;;;. The third kappa shape index (κ3) is 8.42. The molecule has 1 saturated heterocycles. The minimum absolute atomic E-state index is 0.101. The molecule has 2 aromatic rings. The first-order chi connectivity index (χ1) is 18.4. The monoisotopic (exact) mass is 632 g/mol. The molecule has 1 aromatic heterocycles. The first-order valence-corrected chi connectivity index (χ1v) is 22.1. The summed E-state index contributed by atoms with van der Waals surface area (Å²) in [5.41, 5.74) is 0.445. The van der Waals surface area contributed by atoms with E-state index in [0.29, 0.717) is 10.6 Å². The average Bonchev–Trinajstić information content (AvgIpc) is 3.53. The molecule has 1 aliphatic rings. The van der Waals surface area contributed by atoms with E-state index in [4.69, 9.17) is 4.84 Å². The molecule has 7 nitrogen and oxygen atoms in total. The van der Waals surface area contributed by atoms with E-state index in [1.807, 2.05) is 12.1 Å². The number of hydrogen-bond donors (Lipinski definition) is 0. The van der Waals surface area contributed by atoms with Gasteiger partial charge in [0.15, 0.2) is 0 Å². The fourth-order valence-electron chi connectivity index (χ4n) is 5.48. The summed E-state index contributed by atoms with van der Waals surface area (Å²) in [4.78, 5) is 42.0. The van der Waals surface area contributed by atoms with Gasteiger partial charge in [0.1, 0.15) is 0 Å². The van der Waals surface area contributed by atoms with E-state index in [2.05, 4.69) is 54.7 Å². The molecule has 0 saturated carbocycles. The minimum atomic E-state index is -2.80. The van der Waals surface area contributed by atoms with Crippen LogP contribution in [0.5, 0.6) is 0 Å². The van der Waals surface area contributed by atoms with Crippen molar-refractivity contribution in [3.63, 3.8) is 0 Å². The van der Waals surface area contributed by atoms with Gasteiger partial charge in [0, 0.05) is 0 Å². The zero-order chi connectivity index (χ0) is 27.4. The van der Waals surface area contributed by atoms with Gasteiger partial charge in [-0.25, -0.2) is 0 Å². The maximum atomic E-state index is 12.9. The molecular formula is C30H46N3O4Sn+. The van der Waals surface area contributed by atoms with Gasteiger partial charge >= 0.3 is 233 Å². The van der Waals surface area contributed by atoms with E-state index >= 15 is 0 Å². The van der Waals surface area contributed by atoms with Crippen LogP contribution in [0.25, 0.3) is 0 Å². The number of carbonyl (C=O) groups excluding carboxylic acids is 3. The van der Waals surface area contributed by atoms with Crippen LogP contribution in [0, 0.1) is 0 Å². The number of imide groups is 1. The number of rotatable bonds is 17. The van der Waals surface area contributed by atoms with Gasteiger partial charge in [-0.2, -0.15) is 0 Å². The fraction of sp³-hybridized carbons (Fsp3) is 0.600. The molecule has 1 aromatic carbocycles. The number of benzene rings is 1. The zero-order valence-corrected chi connectivity index (χ0v) is 26.5. The van der Waals surface area contributed by atoms with Crippen molar-refractivity contribution in [1.29, 1.82) is 0 Å². The van der Waals surface area contributed by atoms with Gasteiger partial charge < -0.3 is 0 Å². The molecule has 3 rings (SSSR count). The number of aromatic nitrogens is 2. The quantitative estimate of drug-likeness (QED) is 0.0997. The molecule has 2 heterocycles. The van der Waals surface area contributed by atoms with Crippen LogP contribution in [0.3, 0.4) is 0 Å². The Morgan fingerprint density at radius 3 is 2.21 bits per heavy atom. The van der Waals surface area contributed by atoms with E-state index in [9.17, 15) is 14.4 Å². The molecule has 0 atom stereocenters. The van der Waals surface area contributed by atoms with Gasteiger partial charge in [-0.15, -0.1) is 0 Å². The molecule has 0 unspecified atom stereocenters. The van der Waals surface area contributed by atoms with Gasteiger partial charge in [0.05, 0.1) is 0 Å². The molecule has 208 valence electrons. The number of imidazole rings is 1. The number of nitrogens with zero attached hydrogens (tertiary/aromatic N) is 3. The van der Waals surface area contributed by atoms with Crippen molar-refractivity contribution in [3.05, 3.63) is 48.5 Å². The van der Waals surface area contributed by atoms with Crippen LogP contribution in [-0.4, -0.2) is 45.8 Å². The summed E-state index contributed by atoms with van der Waals surface area (Å²) in [7, 11) is 0. The van der Waals surface area contributed by atoms with E-state index in [0.717, 1.165) is 13.1 Å². The van der Waals surface area contributed by atoms with E-state index < -0.39 is 36.2 Å². The molecule has 0 aliphatic carbocycles. The second-order valence-electron chi connectivity index (χ2n) is 10.7. The number of hydroxylamine groups is 2. The van der Waals surface area contributed by atoms with Gasteiger partial charge in [0.2, 0.25) is 0 Å². The first-order valence-electron chi connectivity index (χ1n) is 14.7. The van der Waals surface area contributed by atoms with Gasteiger partial charge in [-0.3, -0.25) is 0 Å². The predicted molar refractivity (Wildman–Crippen MR) is 151 cm³/mol. The van der Waals surface area contributed by atoms with Crippen LogP contribution >= 0.6 is 0 Å². The summed E-state index contributed by atoms with van der Waals surface area (Å²) < 4.78 is 9.76. The number of hydrogen-bond acceptors (Lipinski definition) is 4. The Balaban J connectivity index is 1.67. The van der Waals surface area contributed by atoms with Gasteiger partial charge in [0.25, 0.3) is 0 Å². The van der Waals surface area contributed by atoms with E-state index in [1.54, 1.807) is 6.07 Å². The third-order valence-electron chi connectivity index (χ3n) is 7.84. The summed E-state index contributed by atoms with van der Waals surface area (Å²) in [6.45, 7) is 8.76. The van der Waals surface area contributed by atoms with Crippen molar-refractivity contribution < 1.29 is 23.8 Å². The Morgan fingerprint density at radius 2 is 1.58 bits per heavy atom. The van der Waals surface area contributed by atoms with Crippen LogP contribution in [0.4, 0.5) is 0 Å². The number of aryl methyl sites for hydroxylation is 2. The maximum absolute atomic E-state index is 12.9. The van der Waals surface area contributed by atoms with Crippen molar-refractivity contribution in [1.82, 2.24) is 9.63 Å². The second-order valence-corrected chi connectivity index (χ2v) is 23.9. The van der Waals surface area contributed by atoms with Crippen LogP contribution in [0.2, 0.25) is 13.3 Å². The number of amides is 2. The zero-order valence-electron chi connectivity index (χ0n) is 23.6. The topological polar surface area (TPSA) is 72.5 Å². The summed E-state index contributed by atoms with van der Waals surface area (Å²) in [5.74, 6) is -1.50.